The number of rotatable bonds is 4. The van der Waals surface area contributed by atoms with Crippen LogP contribution in [0.5, 0.6) is 11.5 Å². The molecule has 3 aromatic carbocycles. The van der Waals surface area contributed by atoms with Crippen LogP contribution in [0.1, 0.15) is 32.6 Å². The van der Waals surface area contributed by atoms with E-state index in [-0.39, 0.29) is 18.1 Å². The summed E-state index contributed by atoms with van der Waals surface area (Å²) in [5.74, 6) is 0.753. The molecular weight excluding hydrogens is 391 g/mol. The Morgan fingerprint density at radius 1 is 1.07 bits per heavy atom. The number of aryl methyl sites for hydroxylation is 2. The molecule has 0 spiro atoms. The van der Waals surface area contributed by atoms with Crippen LogP contribution in [0.25, 0.3) is 6.08 Å². The summed E-state index contributed by atoms with van der Waals surface area (Å²) in [4.78, 5) is 12.8. The van der Waals surface area contributed by atoms with Crippen molar-refractivity contribution in [2.45, 2.75) is 20.5 Å². The average Bonchev–Trinajstić information content (AvgIpc) is 2.99. The van der Waals surface area contributed by atoms with Crippen LogP contribution in [0.4, 0.5) is 4.39 Å². The zero-order chi connectivity index (χ0) is 20.5. The average molecular weight is 409 g/mol. The smallest absolute Gasteiger partial charge is 0.232 e. The number of carbonyl (C=O) groups is 1. The SMILES string of the molecule is Cc1ccc(/C=C2\Oc3cc(OCc4ccc(F)cc4Cl)cc(C)c3C2=O)cc1. The summed E-state index contributed by atoms with van der Waals surface area (Å²) in [5, 5.41) is 0.303. The maximum absolute atomic E-state index is 13.2. The lowest BCUT2D eigenvalue weighted by atomic mass is 10.0. The monoisotopic (exact) mass is 408 g/mol. The van der Waals surface area contributed by atoms with Crippen LogP contribution >= 0.6 is 11.6 Å². The molecule has 0 amide bonds. The molecule has 0 fully saturated rings. The Morgan fingerprint density at radius 3 is 2.55 bits per heavy atom. The summed E-state index contributed by atoms with van der Waals surface area (Å²) >= 11 is 6.05. The van der Waals surface area contributed by atoms with Crippen molar-refractivity contribution < 1.29 is 18.7 Å². The van der Waals surface area contributed by atoms with Crippen LogP contribution in [-0.2, 0) is 6.61 Å². The van der Waals surface area contributed by atoms with Gasteiger partial charge in [-0.25, -0.2) is 4.39 Å². The highest BCUT2D eigenvalue weighted by molar-refractivity contribution is 6.31. The van der Waals surface area contributed by atoms with Crippen molar-refractivity contribution in [1.29, 1.82) is 0 Å². The zero-order valence-electron chi connectivity index (χ0n) is 16.0. The van der Waals surface area contributed by atoms with Crippen molar-refractivity contribution >= 4 is 23.5 Å². The maximum atomic E-state index is 13.2. The summed E-state index contributed by atoms with van der Waals surface area (Å²) in [5.41, 5.74) is 4.01. The molecule has 0 radical (unpaired) electrons. The van der Waals surface area contributed by atoms with Crippen LogP contribution < -0.4 is 9.47 Å². The van der Waals surface area contributed by atoms with Gasteiger partial charge in [-0.2, -0.15) is 0 Å². The molecule has 29 heavy (non-hydrogen) atoms. The van der Waals surface area contributed by atoms with Gasteiger partial charge >= 0.3 is 0 Å². The van der Waals surface area contributed by atoms with E-state index < -0.39 is 5.82 Å². The lowest BCUT2D eigenvalue weighted by molar-refractivity contribution is 0.101. The normalized spacial score (nSPS) is 14.1. The molecular formula is C24H18ClFO3. The fourth-order valence-corrected chi connectivity index (χ4v) is 3.40. The van der Waals surface area contributed by atoms with Gasteiger partial charge in [0, 0.05) is 11.6 Å². The van der Waals surface area contributed by atoms with E-state index >= 15 is 0 Å². The number of hydrogen-bond acceptors (Lipinski definition) is 3. The third-order valence-corrected chi connectivity index (χ3v) is 5.08. The molecule has 4 rings (SSSR count). The van der Waals surface area contributed by atoms with E-state index in [4.69, 9.17) is 21.1 Å². The van der Waals surface area contributed by atoms with E-state index in [0.29, 0.717) is 27.6 Å². The van der Waals surface area contributed by atoms with E-state index in [1.165, 1.54) is 12.1 Å². The predicted molar refractivity (Wildman–Crippen MR) is 111 cm³/mol. The minimum Gasteiger partial charge on any atom is -0.489 e. The van der Waals surface area contributed by atoms with Gasteiger partial charge < -0.3 is 9.47 Å². The highest BCUT2D eigenvalue weighted by Crippen LogP contribution is 2.38. The van der Waals surface area contributed by atoms with Gasteiger partial charge in [0.15, 0.2) is 5.76 Å². The molecule has 1 aliphatic heterocycles. The standard InChI is InChI=1S/C24H18ClFO3/c1-14-3-5-16(6-4-14)10-22-24(27)23-15(2)9-19(12-21(23)29-22)28-13-17-7-8-18(26)11-20(17)25/h3-12H,13H2,1-2H3/b22-10-. The summed E-state index contributed by atoms with van der Waals surface area (Å²) in [6.07, 6.45) is 1.74. The van der Waals surface area contributed by atoms with Gasteiger partial charge in [0.2, 0.25) is 5.78 Å². The number of Topliss-reactive ketones (excluding diaryl/α,β-unsaturated/α-hetero) is 1. The number of halogens is 2. The topological polar surface area (TPSA) is 35.5 Å². The first-order chi connectivity index (χ1) is 13.9. The predicted octanol–water partition coefficient (Wildman–Crippen LogP) is 6.29. The fraction of sp³-hybridized carbons (Fsp3) is 0.125. The van der Waals surface area contributed by atoms with Gasteiger partial charge in [0.05, 0.1) is 10.6 Å². The first-order valence-electron chi connectivity index (χ1n) is 9.13. The highest BCUT2D eigenvalue weighted by atomic mass is 35.5. The summed E-state index contributed by atoms with van der Waals surface area (Å²) < 4.78 is 24.8. The molecule has 5 heteroatoms. The van der Waals surface area contributed by atoms with Crippen molar-refractivity contribution in [3.05, 3.63) is 99.0 Å². The Balaban J connectivity index is 1.56. The molecule has 0 aromatic heterocycles. The molecule has 3 nitrogen and oxygen atoms in total. The first-order valence-corrected chi connectivity index (χ1v) is 9.51. The Morgan fingerprint density at radius 2 is 1.83 bits per heavy atom. The molecule has 0 saturated heterocycles. The van der Waals surface area contributed by atoms with E-state index in [1.807, 2.05) is 38.1 Å². The van der Waals surface area contributed by atoms with Gasteiger partial charge in [-0.15, -0.1) is 0 Å². The van der Waals surface area contributed by atoms with Crippen molar-refractivity contribution in [1.82, 2.24) is 0 Å². The van der Waals surface area contributed by atoms with E-state index in [9.17, 15) is 9.18 Å². The number of allylic oxidation sites excluding steroid dienone is 1. The van der Waals surface area contributed by atoms with Crippen LogP contribution in [0.2, 0.25) is 5.02 Å². The third-order valence-electron chi connectivity index (χ3n) is 4.73. The number of ketones is 1. The van der Waals surface area contributed by atoms with Crippen LogP contribution in [-0.4, -0.2) is 5.78 Å². The van der Waals surface area contributed by atoms with E-state index in [1.54, 1.807) is 24.3 Å². The fourth-order valence-electron chi connectivity index (χ4n) is 3.17. The second-order valence-electron chi connectivity index (χ2n) is 6.99. The second kappa shape index (κ2) is 7.72. The molecule has 0 N–H and O–H groups in total. The lowest BCUT2D eigenvalue weighted by Crippen LogP contribution is -2.00. The lowest BCUT2D eigenvalue weighted by Gasteiger charge is -2.10. The highest BCUT2D eigenvalue weighted by Gasteiger charge is 2.30. The van der Waals surface area contributed by atoms with Crippen molar-refractivity contribution in [3.63, 3.8) is 0 Å². The molecule has 0 aliphatic carbocycles. The summed E-state index contributed by atoms with van der Waals surface area (Å²) in [6.45, 7) is 4.03. The van der Waals surface area contributed by atoms with Crippen molar-refractivity contribution in [2.24, 2.45) is 0 Å². The molecule has 0 unspecified atom stereocenters. The molecule has 146 valence electrons. The number of fused-ring (bicyclic) bond motifs is 1. The largest absolute Gasteiger partial charge is 0.489 e. The number of ether oxygens (including phenoxy) is 2. The number of carbonyl (C=O) groups excluding carboxylic acids is 1. The van der Waals surface area contributed by atoms with Gasteiger partial charge in [-0.05, 0) is 49.2 Å². The molecule has 0 atom stereocenters. The van der Waals surface area contributed by atoms with Crippen molar-refractivity contribution in [3.8, 4) is 11.5 Å². The van der Waals surface area contributed by atoms with Gasteiger partial charge in [-0.1, -0.05) is 47.5 Å². The van der Waals surface area contributed by atoms with Gasteiger partial charge in [0.1, 0.15) is 23.9 Å². The third kappa shape index (κ3) is 4.03. The number of hydrogen-bond donors (Lipinski definition) is 0. The van der Waals surface area contributed by atoms with E-state index in [0.717, 1.165) is 16.7 Å². The zero-order valence-corrected chi connectivity index (χ0v) is 16.7. The Bertz CT molecular complexity index is 1130. The maximum Gasteiger partial charge on any atom is 0.232 e. The number of benzene rings is 3. The van der Waals surface area contributed by atoms with E-state index in [2.05, 4.69) is 0 Å². The molecule has 0 bridgehead atoms. The van der Waals surface area contributed by atoms with Crippen LogP contribution in [0.15, 0.2) is 60.4 Å². The quantitative estimate of drug-likeness (QED) is 0.476. The molecule has 1 aliphatic rings. The Labute approximate surface area is 173 Å². The summed E-state index contributed by atoms with van der Waals surface area (Å²) in [6, 6.07) is 15.5. The van der Waals surface area contributed by atoms with Crippen LogP contribution in [0, 0.1) is 19.7 Å². The molecule has 1 heterocycles. The molecule has 0 saturated carbocycles. The van der Waals surface area contributed by atoms with Crippen LogP contribution in [0.3, 0.4) is 0 Å². The Kier molecular flexibility index (Phi) is 5.12. The first kappa shape index (κ1) is 19.2. The van der Waals surface area contributed by atoms with Gasteiger partial charge in [-0.3, -0.25) is 4.79 Å². The minimum atomic E-state index is -0.396. The Hall–Kier alpha value is -3.11. The van der Waals surface area contributed by atoms with Gasteiger partial charge in [0.25, 0.3) is 0 Å². The minimum absolute atomic E-state index is 0.147. The second-order valence-corrected chi connectivity index (χ2v) is 7.40. The van der Waals surface area contributed by atoms with Crippen molar-refractivity contribution in [2.75, 3.05) is 0 Å². The molecule has 3 aromatic rings. The summed E-state index contributed by atoms with van der Waals surface area (Å²) in [7, 11) is 0.